The Morgan fingerprint density at radius 3 is 2.25 bits per heavy atom. The van der Waals surface area contributed by atoms with E-state index in [2.05, 4.69) is 0 Å². The van der Waals surface area contributed by atoms with Gasteiger partial charge in [-0.3, -0.25) is 9.59 Å². The van der Waals surface area contributed by atoms with Gasteiger partial charge < -0.3 is 10.6 Å². The van der Waals surface area contributed by atoms with E-state index in [9.17, 15) is 9.59 Å². The van der Waals surface area contributed by atoms with Gasteiger partial charge in [-0.1, -0.05) is 13.8 Å². The smallest absolute Gasteiger partial charge is 0.237 e. The number of hydrogen-bond acceptors (Lipinski definition) is 2. The molecule has 0 atom stereocenters. The van der Waals surface area contributed by atoms with E-state index >= 15 is 0 Å². The Labute approximate surface area is 72.7 Å². The molecule has 0 aromatic heterocycles. The molecular formula is C8H16N2O2. The standard InChI is InChI=1S/C8H16N2O2/c1-3-5-10(6-7(9)11)8(12)4-2/h3-6H2,1-2H3,(H2,9,11). The number of nitrogens with zero attached hydrogens (tertiary/aromatic N) is 1. The lowest BCUT2D eigenvalue weighted by Gasteiger charge is -2.19. The average Bonchev–Trinajstić information content (AvgIpc) is 2.01. The van der Waals surface area contributed by atoms with E-state index in [4.69, 9.17) is 5.73 Å². The lowest BCUT2D eigenvalue weighted by molar-refractivity contribution is -0.134. The quantitative estimate of drug-likeness (QED) is 0.640. The fourth-order valence-corrected chi connectivity index (χ4v) is 0.974. The highest BCUT2D eigenvalue weighted by Gasteiger charge is 2.11. The van der Waals surface area contributed by atoms with Gasteiger partial charge in [0.05, 0.1) is 6.54 Å². The largest absolute Gasteiger partial charge is 0.368 e. The molecule has 0 spiro atoms. The van der Waals surface area contributed by atoms with Crippen molar-refractivity contribution in [3.8, 4) is 0 Å². The molecule has 70 valence electrons. The van der Waals surface area contributed by atoms with Crippen LogP contribution in [-0.4, -0.2) is 29.8 Å². The number of rotatable bonds is 5. The molecule has 0 aliphatic carbocycles. The molecule has 12 heavy (non-hydrogen) atoms. The third-order valence-corrected chi connectivity index (χ3v) is 1.50. The van der Waals surface area contributed by atoms with Crippen molar-refractivity contribution in [3.05, 3.63) is 0 Å². The highest BCUT2D eigenvalue weighted by molar-refractivity contribution is 5.83. The third kappa shape index (κ3) is 3.95. The molecule has 0 bridgehead atoms. The maximum atomic E-state index is 11.2. The van der Waals surface area contributed by atoms with Gasteiger partial charge in [0.1, 0.15) is 0 Å². The van der Waals surface area contributed by atoms with Gasteiger partial charge in [0, 0.05) is 13.0 Å². The zero-order chi connectivity index (χ0) is 9.56. The van der Waals surface area contributed by atoms with Gasteiger partial charge in [-0.05, 0) is 6.42 Å². The third-order valence-electron chi connectivity index (χ3n) is 1.50. The van der Waals surface area contributed by atoms with Crippen LogP contribution in [0.4, 0.5) is 0 Å². The van der Waals surface area contributed by atoms with E-state index in [0.29, 0.717) is 13.0 Å². The number of nitrogens with two attached hydrogens (primary N) is 1. The van der Waals surface area contributed by atoms with Crippen molar-refractivity contribution in [1.29, 1.82) is 0 Å². The van der Waals surface area contributed by atoms with Crippen molar-refractivity contribution in [2.75, 3.05) is 13.1 Å². The van der Waals surface area contributed by atoms with Gasteiger partial charge >= 0.3 is 0 Å². The summed E-state index contributed by atoms with van der Waals surface area (Å²) in [6.07, 6.45) is 1.27. The molecule has 0 aliphatic rings. The van der Waals surface area contributed by atoms with Crippen molar-refractivity contribution in [3.63, 3.8) is 0 Å². The molecule has 2 N–H and O–H groups in total. The van der Waals surface area contributed by atoms with Crippen LogP contribution in [0.3, 0.4) is 0 Å². The van der Waals surface area contributed by atoms with E-state index in [0.717, 1.165) is 6.42 Å². The Hall–Kier alpha value is -1.06. The summed E-state index contributed by atoms with van der Waals surface area (Å²) in [5.41, 5.74) is 4.98. The van der Waals surface area contributed by atoms with Gasteiger partial charge in [0.2, 0.25) is 11.8 Å². The van der Waals surface area contributed by atoms with E-state index in [1.807, 2.05) is 6.92 Å². The summed E-state index contributed by atoms with van der Waals surface area (Å²) in [5.74, 6) is -0.471. The van der Waals surface area contributed by atoms with Gasteiger partial charge in [0.25, 0.3) is 0 Å². The van der Waals surface area contributed by atoms with Crippen LogP contribution in [0.1, 0.15) is 26.7 Å². The molecule has 0 aromatic carbocycles. The van der Waals surface area contributed by atoms with Crippen molar-refractivity contribution < 1.29 is 9.59 Å². The summed E-state index contributed by atoms with van der Waals surface area (Å²) < 4.78 is 0. The molecule has 0 aliphatic heterocycles. The summed E-state index contributed by atoms with van der Waals surface area (Å²) in [6, 6.07) is 0. The summed E-state index contributed by atoms with van der Waals surface area (Å²) in [5, 5.41) is 0. The van der Waals surface area contributed by atoms with Crippen LogP contribution in [0.5, 0.6) is 0 Å². The summed E-state index contributed by atoms with van der Waals surface area (Å²) in [4.78, 5) is 23.2. The minimum Gasteiger partial charge on any atom is -0.368 e. The molecule has 0 rings (SSSR count). The molecule has 0 aromatic rings. The Bertz CT molecular complexity index is 168. The minimum atomic E-state index is -0.453. The Morgan fingerprint density at radius 2 is 1.92 bits per heavy atom. The molecule has 0 fully saturated rings. The number of primary amides is 1. The number of amides is 2. The lowest BCUT2D eigenvalue weighted by atomic mass is 10.3. The number of carbonyl (C=O) groups excluding carboxylic acids is 2. The van der Waals surface area contributed by atoms with E-state index in [1.54, 1.807) is 6.92 Å². The molecule has 0 radical (unpaired) electrons. The van der Waals surface area contributed by atoms with Gasteiger partial charge in [-0.15, -0.1) is 0 Å². The van der Waals surface area contributed by atoms with Crippen LogP contribution >= 0.6 is 0 Å². The molecule has 2 amide bonds. The Kier molecular flexibility index (Phi) is 5.08. The molecule has 0 saturated carbocycles. The second-order valence-electron chi connectivity index (χ2n) is 2.64. The average molecular weight is 172 g/mol. The molecule has 4 nitrogen and oxygen atoms in total. The van der Waals surface area contributed by atoms with Crippen molar-refractivity contribution in [2.45, 2.75) is 26.7 Å². The number of carbonyl (C=O) groups is 2. The predicted octanol–water partition coefficient (Wildman–Crippen LogP) is 0.120. The first-order valence-electron chi connectivity index (χ1n) is 4.17. The number of hydrogen-bond donors (Lipinski definition) is 1. The monoisotopic (exact) mass is 172 g/mol. The first kappa shape index (κ1) is 10.9. The highest BCUT2D eigenvalue weighted by Crippen LogP contribution is 1.94. The molecule has 0 unspecified atom stereocenters. The normalized spacial score (nSPS) is 9.50. The molecular weight excluding hydrogens is 156 g/mol. The maximum absolute atomic E-state index is 11.2. The Morgan fingerprint density at radius 1 is 1.33 bits per heavy atom. The highest BCUT2D eigenvalue weighted by atomic mass is 16.2. The van der Waals surface area contributed by atoms with E-state index < -0.39 is 5.91 Å². The lowest BCUT2D eigenvalue weighted by Crippen LogP contribution is -2.38. The Balaban J connectivity index is 4.02. The van der Waals surface area contributed by atoms with E-state index in [-0.39, 0.29) is 12.5 Å². The zero-order valence-electron chi connectivity index (χ0n) is 7.67. The topological polar surface area (TPSA) is 63.4 Å². The fraction of sp³-hybridized carbons (Fsp3) is 0.750. The molecule has 0 saturated heterocycles. The van der Waals surface area contributed by atoms with Crippen LogP contribution < -0.4 is 5.73 Å². The zero-order valence-corrected chi connectivity index (χ0v) is 7.67. The van der Waals surface area contributed by atoms with Crippen molar-refractivity contribution in [1.82, 2.24) is 4.90 Å². The van der Waals surface area contributed by atoms with Gasteiger partial charge in [0.15, 0.2) is 0 Å². The van der Waals surface area contributed by atoms with Gasteiger partial charge in [-0.25, -0.2) is 0 Å². The van der Waals surface area contributed by atoms with Gasteiger partial charge in [-0.2, -0.15) is 0 Å². The summed E-state index contributed by atoms with van der Waals surface area (Å²) >= 11 is 0. The van der Waals surface area contributed by atoms with E-state index in [1.165, 1.54) is 4.90 Å². The molecule has 0 heterocycles. The second kappa shape index (κ2) is 5.57. The van der Waals surface area contributed by atoms with Crippen LogP contribution in [0.2, 0.25) is 0 Å². The van der Waals surface area contributed by atoms with Crippen LogP contribution in [-0.2, 0) is 9.59 Å². The maximum Gasteiger partial charge on any atom is 0.237 e. The van der Waals surface area contributed by atoms with Crippen LogP contribution in [0, 0.1) is 0 Å². The fourth-order valence-electron chi connectivity index (χ4n) is 0.974. The van der Waals surface area contributed by atoms with Crippen molar-refractivity contribution >= 4 is 11.8 Å². The summed E-state index contributed by atoms with van der Waals surface area (Å²) in [7, 11) is 0. The van der Waals surface area contributed by atoms with Crippen LogP contribution in [0.25, 0.3) is 0 Å². The van der Waals surface area contributed by atoms with Crippen molar-refractivity contribution in [2.24, 2.45) is 5.73 Å². The molecule has 4 heteroatoms. The summed E-state index contributed by atoms with van der Waals surface area (Å²) in [6.45, 7) is 4.37. The SMILES string of the molecule is CCCN(CC(N)=O)C(=O)CC. The first-order valence-corrected chi connectivity index (χ1v) is 4.17. The van der Waals surface area contributed by atoms with Crippen LogP contribution in [0.15, 0.2) is 0 Å². The first-order chi connectivity index (χ1) is 5.61. The second-order valence-corrected chi connectivity index (χ2v) is 2.64. The minimum absolute atomic E-state index is 0.0179. The predicted molar refractivity (Wildman–Crippen MR) is 46.4 cm³/mol.